The first kappa shape index (κ1) is 13.0. The highest BCUT2D eigenvalue weighted by atomic mass is 19.2. The molecule has 3 rings (SSSR count). The van der Waals surface area contributed by atoms with Crippen molar-refractivity contribution in [2.45, 2.75) is 38.4 Å². The number of fused-ring (bicyclic) bond motifs is 1. The number of hydrogen-bond donors (Lipinski definition) is 0. The molecule has 104 valence electrons. The molecule has 0 bridgehead atoms. The molecule has 2 fully saturated rings. The number of halogens is 2. The van der Waals surface area contributed by atoms with E-state index in [1.165, 1.54) is 31.5 Å². The Balaban J connectivity index is 1.70. The van der Waals surface area contributed by atoms with E-state index in [1.54, 1.807) is 6.07 Å². The predicted molar refractivity (Wildman–Crippen MR) is 70.8 cm³/mol. The zero-order valence-corrected chi connectivity index (χ0v) is 11.3. The van der Waals surface area contributed by atoms with Gasteiger partial charge in [0, 0.05) is 31.7 Å². The third kappa shape index (κ3) is 2.65. The standard InChI is InChI=1S/C15H20F2N2/c1-11-8-18-6-2-3-13(18)10-19(11)9-12-4-5-14(16)15(17)7-12/h4-5,7,11,13H,2-3,6,8-10H2,1H3. The van der Waals surface area contributed by atoms with Gasteiger partial charge in [0.05, 0.1) is 0 Å². The van der Waals surface area contributed by atoms with Crippen LogP contribution < -0.4 is 0 Å². The van der Waals surface area contributed by atoms with E-state index in [2.05, 4.69) is 16.7 Å². The molecule has 0 N–H and O–H groups in total. The van der Waals surface area contributed by atoms with Crippen molar-refractivity contribution in [3.8, 4) is 0 Å². The van der Waals surface area contributed by atoms with Gasteiger partial charge in [-0.05, 0) is 44.0 Å². The van der Waals surface area contributed by atoms with Crippen molar-refractivity contribution in [2.75, 3.05) is 19.6 Å². The van der Waals surface area contributed by atoms with Crippen molar-refractivity contribution >= 4 is 0 Å². The van der Waals surface area contributed by atoms with Crippen LogP contribution in [-0.4, -0.2) is 41.5 Å². The Kier molecular flexibility index (Phi) is 3.54. The van der Waals surface area contributed by atoms with Crippen LogP contribution >= 0.6 is 0 Å². The van der Waals surface area contributed by atoms with Gasteiger partial charge in [-0.3, -0.25) is 9.80 Å². The molecule has 0 radical (unpaired) electrons. The van der Waals surface area contributed by atoms with Crippen LogP contribution in [0.2, 0.25) is 0 Å². The summed E-state index contributed by atoms with van der Waals surface area (Å²) >= 11 is 0. The molecule has 1 aromatic rings. The summed E-state index contributed by atoms with van der Waals surface area (Å²) in [6, 6.07) is 5.36. The molecule has 0 amide bonds. The Hall–Kier alpha value is -1.00. The SMILES string of the molecule is CC1CN2CCCC2CN1Cc1ccc(F)c(F)c1. The monoisotopic (exact) mass is 266 g/mol. The van der Waals surface area contributed by atoms with E-state index in [0.717, 1.165) is 18.7 Å². The van der Waals surface area contributed by atoms with Gasteiger partial charge < -0.3 is 0 Å². The number of benzene rings is 1. The van der Waals surface area contributed by atoms with Crippen LogP contribution in [0.15, 0.2) is 18.2 Å². The van der Waals surface area contributed by atoms with Gasteiger partial charge in [-0.1, -0.05) is 6.07 Å². The molecule has 2 saturated heterocycles. The van der Waals surface area contributed by atoms with Gasteiger partial charge in [0.2, 0.25) is 0 Å². The third-order valence-corrected chi connectivity index (χ3v) is 4.44. The van der Waals surface area contributed by atoms with Crippen molar-refractivity contribution in [3.05, 3.63) is 35.4 Å². The minimum absolute atomic E-state index is 0.475. The molecule has 19 heavy (non-hydrogen) atoms. The Morgan fingerprint density at radius 1 is 1.21 bits per heavy atom. The summed E-state index contributed by atoms with van der Waals surface area (Å²) < 4.78 is 26.2. The molecule has 4 heteroatoms. The lowest BCUT2D eigenvalue weighted by Gasteiger charge is -2.42. The second-order valence-corrected chi connectivity index (χ2v) is 5.82. The van der Waals surface area contributed by atoms with Crippen LogP contribution in [0.1, 0.15) is 25.3 Å². The molecule has 2 unspecified atom stereocenters. The summed E-state index contributed by atoms with van der Waals surface area (Å²) in [5.74, 6) is -1.51. The molecule has 2 aliphatic rings. The zero-order chi connectivity index (χ0) is 13.4. The van der Waals surface area contributed by atoms with Crippen LogP contribution in [0.3, 0.4) is 0 Å². The second-order valence-electron chi connectivity index (χ2n) is 5.82. The molecule has 0 saturated carbocycles. The maximum absolute atomic E-state index is 13.2. The van der Waals surface area contributed by atoms with Gasteiger partial charge in [0.1, 0.15) is 0 Å². The highest BCUT2D eigenvalue weighted by molar-refractivity contribution is 5.18. The van der Waals surface area contributed by atoms with E-state index in [-0.39, 0.29) is 0 Å². The Labute approximate surface area is 113 Å². The molecule has 0 spiro atoms. The van der Waals surface area contributed by atoms with E-state index in [0.29, 0.717) is 18.6 Å². The largest absolute Gasteiger partial charge is 0.298 e. The molecule has 2 nitrogen and oxygen atoms in total. The lowest BCUT2D eigenvalue weighted by molar-refractivity contribution is 0.0539. The normalized spacial score (nSPS) is 28.6. The van der Waals surface area contributed by atoms with Gasteiger partial charge in [0.15, 0.2) is 11.6 Å². The van der Waals surface area contributed by atoms with E-state index in [9.17, 15) is 8.78 Å². The minimum atomic E-state index is -0.766. The smallest absolute Gasteiger partial charge is 0.159 e. The summed E-state index contributed by atoms with van der Waals surface area (Å²) in [5, 5.41) is 0. The number of nitrogens with zero attached hydrogens (tertiary/aromatic N) is 2. The first-order valence-electron chi connectivity index (χ1n) is 7.05. The highest BCUT2D eigenvalue weighted by Crippen LogP contribution is 2.25. The molecule has 0 aromatic heterocycles. The van der Waals surface area contributed by atoms with Gasteiger partial charge in [-0.25, -0.2) is 8.78 Å². The Morgan fingerprint density at radius 2 is 2.05 bits per heavy atom. The summed E-state index contributed by atoms with van der Waals surface area (Å²) in [6.07, 6.45) is 2.55. The van der Waals surface area contributed by atoms with Crippen LogP contribution in [0.4, 0.5) is 8.78 Å². The molecular formula is C15H20F2N2. The number of hydrogen-bond acceptors (Lipinski definition) is 2. The van der Waals surface area contributed by atoms with E-state index in [1.807, 2.05) is 0 Å². The van der Waals surface area contributed by atoms with Crippen molar-refractivity contribution in [1.29, 1.82) is 0 Å². The van der Waals surface area contributed by atoms with Gasteiger partial charge in [-0.15, -0.1) is 0 Å². The van der Waals surface area contributed by atoms with Crippen LogP contribution in [0.5, 0.6) is 0 Å². The average Bonchev–Trinajstić information content (AvgIpc) is 2.81. The zero-order valence-electron chi connectivity index (χ0n) is 11.3. The van der Waals surface area contributed by atoms with Crippen LogP contribution in [0.25, 0.3) is 0 Å². The Bertz CT molecular complexity index is 463. The molecule has 2 aliphatic heterocycles. The minimum Gasteiger partial charge on any atom is -0.298 e. The average molecular weight is 266 g/mol. The first-order chi connectivity index (χ1) is 9.13. The van der Waals surface area contributed by atoms with E-state index in [4.69, 9.17) is 0 Å². The topological polar surface area (TPSA) is 6.48 Å². The van der Waals surface area contributed by atoms with Crippen molar-refractivity contribution < 1.29 is 8.78 Å². The van der Waals surface area contributed by atoms with Gasteiger partial charge >= 0.3 is 0 Å². The summed E-state index contributed by atoms with van der Waals surface area (Å²) in [7, 11) is 0. The molecule has 2 heterocycles. The highest BCUT2D eigenvalue weighted by Gasteiger charge is 2.34. The summed E-state index contributed by atoms with van der Waals surface area (Å²) in [6.45, 7) is 6.28. The maximum atomic E-state index is 13.2. The number of rotatable bonds is 2. The third-order valence-electron chi connectivity index (χ3n) is 4.44. The molecule has 1 aromatic carbocycles. The molecule has 0 aliphatic carbocycles. The second kappa shape index (κ2) is 5.17. The van der Waals surface area contributed by atoms with Crippen LogP contribution in [0, 0.1) is 11.6 Å². The molecular weight excluding hydrogens is 246 g/mol. The maximum Gasteiger partial charge on any atom is 0.159 e. The number of piperazine rings is 1. The van der Waals surface area contributed by atoms with Crippen molar-refractivity contribution in [3.63, 3.8) is 0 Å². The fourth-order valence-electron chi connectivity index (χ4n) is 3.34. The fourth-order valence-corrected chi connectivity index (χ4v) is 3.34. The predicted octanol–water partition coefficient (Wildman–Crippen LogP) is 2.63. The molecule has 2 atom stereocenters. The fraction of sp³-hybridized carbons (Fsp3) is 0.600. The Morgan fingerprint density at radius 3 is 2.84 bits per heavy atom. The van der Waals surface area contributed by atoms with E-state index < -0.39 is 11.6 Å². The lowest BCUT2D eigenvalue weighted by atomic mass is 10.1. The van der Waals surface area contributed by atoms with E-state index >= 15 is 0 Å². The van der Waals surface area contributed by atoms with Crippen molar-refractivity contribution in [1.82, 2.24) is 9.80 Å². The summed E-state index contributed by atoms with van der Waals surface area (Å²) in [5.41, 5.74) is 0.859. The quantitative estimate of drug-likeness (QED) is 0.812. The lowest BCUT2D eigenvalue weighted by Crippen LogP contribution is -2.54. The first-order valence-corrected chi connectivity index (χ1v) is 7.05. The van der Waals surface area contributed by atoms with Crippen LogP contribution in [-0.2, 0) is 6.54 Å². The van der Waals surface area contributed by atoms with Gasteiger partial charge in [0.25, 0.3) is 0 Å². The summed E-state index contributed by atoms with van der Waals surface area (Å²) in [4.78, 5) is 4.95. The van der Waals surface area contributed by atoms with Crippen molar-refractivity contribution in [2.24, 2.45) is 0 Å². The van der Waals surface area contributed by atoms with Gasteiger partial charge in [-0.2, -0.15) is 0 Å².